The van der Waals surface area contributed by atoms with Crippen molar-refractivity contribution in [3.05, 3.63) is 57.6 Å². The third-order valence-electron chi connectivity index (χ3n) is 5.34. The number of nitrogens with two attached hydrogens (primary N) is 2. The first kappa shape index (κ1) is 21.9. The van der Waals surface area contributed by atoms with Crippen molar-refractivity contribution in [3.8, 4) is 0 Å². The number of alkyl halides is 2. The number of halogens is 2. The summed E-state index contributed by atoms with van der Waals surface area (Å²) in [5, 5.41) is 0. The molecular weight excluding hydrogens is 375 g/mol. The Kier molecular flexibility index (Phi) is 8.79. The molecule has 27 heavy (non-hydrogen) atoms. The van der Waals surface area contributed by atoms with E-state index < -0.39 is 0 Å². The summed E-state index contributed by atoms with van der Waals surface area (Å²) in [7, 11) is 0. The largest absolute Gasteiger partial charge is 0.398 e. The molecule has 4 N–H and O–H groups in total. The second kappa shape index (κ2) is 10.8. The molecule has 2 nitrogen and oxygen atoms in total. The van der Waals surface area contributed by atoms with Crippen molar-refractivity contribution in [2.75, 3.05) is 11.5 Å². The monoisotopic (exact) mass is 406 g/mol. The summed E-state index contributed by atoms with van der Waals surface area (Å²) in [6.07, 6.45) is 7.47. The Balaban J connectivity index is 2.49. The first-order chi connectivity index (χ1) is 13.1. The Morgan fingerprint density at radius 3 is 1.41 bits per heavy atom. The molecular formula is C23H32Cl2N2. The summed E-state index contributed by atoms with van der Waals surface area (Å²) in [6.45, 7) is 4.42. The van der Waals surface area contributed by atoms with Crippen molar-refractivity contribution in [1.82, 2.24) is 0 Å². The fraction of sp³-hybridized carbons (Fsp3) is 0.478. The Hall–Kier alpha value is -1.38. The van der Waals surface area contributed by atoms with Gasteiger partial charge in [0.2, 0.25) is 0 Å². The van der Waals surface area contributed by atoms with E-state index >= 15 is 0 Å². The summed E-state index contributed by atoms with van der Waals surface area (Å²) in [6, 6.07) is 8.31. The van der Waals surface area contributed by atoms with E-state index in [1.165, 1.54) is 22.3 Å². The second-order valence-corrected chi connectivity index (χ2v) is 7.73. The van der Waals surface area contributed by atoms with Crippen molar-refractivity contribution in [3.63, 3.8) is 0 Å². The molecule has 0 bridgehead atoms. The highest BCUT2D eigenvalue weighted by Gasteiger charge is 2.16. The lowest BCUT2D eigenvalue weighted by atomic mass is 9.88. The van der Waals surface area contributed by atoms with Crippen molar-refractivity contribution in [2.24, 2.45) is 0 Å². The summed E-state index contributed by atoms with van der Waals surface area (Å²) in [5.74, 6) is 0.909. The van der Waals surface area contributed by atoms with Gasteiger partial charge in [0, 0.05) is 23.1 Å². The third-order valence-corrected chi connectivity index (χ3v) is 5.87. The molecule has 0 spiro atoms. The minimum absolute atomic E-state index is 0.454. The SMILES string of the molecule is CCCCc1c(Cc2ccc(N)c(CCl)c2CCCC)ccc(N)c1CCl. The maximum atomic E-state index is 6.25. The van der Waals surface area contributed by atoms with Crippen molar-refractivity contribution in [1.29, 1.82) is 0 Å². The molecule has 0 amide bonds. The summed E-state index contributed by atoms with van der Waals surface area (Å²) >= 11 is 12.5. The van der Waals surface area contributed by atoms with Gasteiger partial charge in [-0.15, -0.1) is 23.2 Å². The fourth-order valence-electron chi connectivity index (χ4n) is 3.70. The number of benzene rings is 2. The van der Waals surface area contributed by atoms with Gasteiger partial charge in [-0.3, -0.25) is 0 Å². The van der Waals surface area contributed by atoms with Crippen molar-refractivity contribution in [2.45, 2.75) is 70.6 Å². The van der Waals surface area contributed by atoms with Crippen LogP contribution < -0.4 is 11.5 Å². The van der Waals surface area contributed by atoms with Crippen LogP contribution in [-0.4, -0.2) is 0 Å². The van der Waals surface area contributed by atoms with E-state index in [0.29, 0.717) is 11.8 Å². The zero-order valence-corrected chi connectivity index (χ0v) is 18.1. The Labute approximate surface area is 174 Å². The van der Waals surface area contributed by atoms with Crippen LogP contribution in [0.5, 0.6) is 0 Å². The zero-order chi connectivity index (χ0) is 19.8. The Bertz CT molecular complexity index is 693. The highest BCUT2D eigenvalue weighted by atomic mass is 35.5. The molecule has 0 aliphatic heterocycles. The molecule has 0 atom stereocenters. The van der Waals surface area contributed by atoms with Gasteiger partial charge in [0.25, 0.3) is 0 Å². The standard InChI is InChI=1S/C23H32Cl2N2/c1-3-5-7-18-16(9-11-22(26)20(18)14-24)13-17-10-12-23(27)21(15-25)19(17)8-6-4-2/h9-12H,3-8,13-15,26-27H2,1-2H3. The van der Waals surface area contributed by atoms with Gasteiger partial charge in [-0.2, -0.15) is 0 Å². The first-order valence-electron chi connectivity index (χ1n) is 9.97. The lowest BCUT2D eigenvalue weighted by molar-refractivity contribution is 0.776. The lowest BCUT2D eigenvalue weighted by Gasteiger charge is -2.19. The van der Waals surface area contributed by atoms with Crippen LogP contribution in [0, 0.1) is 0 Å². The van der Waals surface area contributed by atoms with Crippen molar-refractivity contribution < 1.29 is 0 Å². The van der Waals surface area contributed by atoms with Gasteiger partial charge in [-0.05, 0) is 77.6 Å². The fourth-order valence-corrected chi connectivity index (χ4v) is 4.33. The van der Waals surface area contributed by atoms with Crippen LogP contribution in [0.2, 0.25) is 0 Å². The molecule has 0 aliphatic rings. The average molecular weight is 407 g/mol. The highest BCUT2D eigenvalue weighted by molar-refractivity contribution is 6.17. The van der Waals surface area contributed by atoms with Crippen LogP contribution in [0.1, 0.15) is 72.9 Å². The van der Waals surface area contributed by atoms with E-state index in [2.05, 4.69) is 26.0 Å². The lowest BCUT2D eigenvalue weighted by Crippen LogP contribution is -2.08. The molecule has 0 saturated heterocycles. The Morgan fingerprint density at radius 2 is 1.07 bits per heavy atom. The quantitative estimate of drug-likeness (QED) is 0.344. The van der Waals surface area contributed by atoms with Crippen LogP contribution in [-0.2, 0) is 31.0 Å². The molecule has 2 aromatic rings. The first-order valence-corrected chi connectivity index (χ1v) is 11.0. The molecule has 0 aliphatic carbocycles. The predicted molar refractivity (Wildman–Crippen MR) is 121 cm³/mol. The Morgan fingerprint density at radius 1 is 0.667 bits per heavy atom. The van der Waals surface area contributed by atoms with Gasteiger partial charge in [-0.1, -0.05) is 38.8 Å². The molecule has 0 radical (unpaired) electrons. The number of anilines is 2. The third kappa shape index (κ3) is 5.33. The molecule has 148 valence electrons. The molecule has 0 aromatic heterocycles. The zero-order valence-electron chi connectivity index (χ0n) is 16.6. The molecule has 2 rings (SSSR count). The number of nitrogen functional groups attached to an aromatic ring is 2. The summed E-state index contributed by atoms with van der Waals surface area (Å²) < 4.78 is 0. The smallest absolute Gasteiger partial charge is 0.0497 e. The van der Waals surface area contributed by atoms with Crippen LogP contribution in [0.25, 0.3) is 0 Å². The average Bonchev–Trinajstić information content (AvgIpc) is 2.67. The molecule has 0 unspecified atom stereocenters. The van der Waals surface area contributed by atoms with Gasteiger partial charge in [-0.25, -0.2) is 0 Å². The topological polar surface area (TPSA) is 52.0 Å². The maximum Gasteiger partial charge on any atom is 0.0497 e. The van der Waals surface area contributed by atoms with E-state index in [9.17, 15) is 0 Å². The van der Waals surface area contributed by atoms with Crippen LogP contribution >= 0.6 is 23.2 Å². The predicted octanol–water partition coefficient (Wildman–Crippen LogP) is 6.60. The number of unbranched alkanes of at least 4 members (excludes halogenated alkanes) is 2. The molecule has 2 aromatic carbocycles. The van der Waals surface area contributed by atoms with Gasteiger partial charge < -0.3 is 11.5 Å². The minimum atomic E-state index is 0.454. The van der Waals surface area contributed by atoms with Gasteiger partial charge in [0.05, 0.1) is 0 Å². The van der Waals surface area contributed by atoms with E-state index in [1.807, 2.05) is 12.1 Å². The van der Waals surface area contributed by atoms with Crippen LogP contribution in [0.4, 0.5) is 11.4 Å². The second-order valence-electron chi connectivity index (χ2n) is 7.19. The summed E-state index contributed by atoms with van der Waals surface area (Å²) in [4.78, 5) is 0. The van der Waals surface area contributed by atoms with Crippen molar-refractivity contribution >= 4 is 34.6 Å². The molecule has 0 heterocycles. The normalized spacial score (nSPS) is 11.1. The van der Waals surface area contributed by atoms with Crippen LogP contribution in [0.15, 0.2) is 24.3 Å². The minimum Gasteiger partial charge on any atom is -0.398 e. The maximum absolute atomic E-state index is 6.25. The van der Waals surface area contributed by atoms with E-state index in [1.54, 1.807) is 0 Å². The molecule has 0 saturated carbocycles. The van der Waals surface area contributed by atoms with Gasteiger partial charge in [0.1, 0.15) is 0 Å². The number of hydrogen-bond acceptors (Lipinski definition) is 2. The van der Waals surface area contributed by atoms with Crippen LogP contribution in [0.3, 0.4) is 0 Å². The number of rotatable bonds is 10. The number of hydrogen-bond donors (Lipinski definition) is 2. The molecule has 0 fully saturated rings. The van der Waals surface area contributed by atoms with Gasteiger partial charge >= 0.3 is 0 Å². The van der Waals surface area contributed by atoms with Gasteiger partial charge in [0.15, 0.2) is 0 Å². The van der Waals surface area contributed by atoms with E-state index in [0.717, 1.165) is 67.4 Å². The van der Waals surface area contributed by atoms with E-state index in [-0.39, 0.29) is 0 Å². The molecule has 4 heteroatoms. The van der Waals surface area contributed by atoms with E-state index in [4.69, 9.17) is 34.7 Å². The summed E-state index contributed by atoms with van der Waals surface area (Å²) in [5.41, 5.74) is 21.5. The highest BCUT2D eigenvalue weighted by Crippen LogP contribution is 2.31.